The second-order valence-corrected chi connectivity index (χ2v) is 4.57. The van der Waals surface area contributed by atoms with Crippen LogP contribution < -0.4 is 5.32 Å². The molecule has 0 amide bonds. The number of hydrogen-bond acceptors (Lipinski definition) is 2. The molecule has 1 aromatic carbocycles. The number of benzene rings is 1. The van der Waals surface area contributed by atoms with Crippen molar-refractivity contribution in [3.8, 4) is 6.07 Å². The summed E-state index contributed by atoms with van der Waals surface area (Å²) < 4.78 is 35.7. The van der Waals surface area contributed by atoms with E-state index in [2.05, 4.69) is 5.32 Å². The molecule has 19 heavy (non-hydrogen) atoms. The molecule has 104 valence electrons. The van der Waals surface area contributed by atoms with Gasteiger partial charge in [0.05, 0.1) is 11.6 Å². The smallest absolute Gasteiger partial charge is 0.313 e. The summed E-state index contributed by atoms with van der Waals surface area (Å²) in [6.07, 6.45) is -4.23. The van der Waals surface area contributed by atoms with Crippen molar-refractivity contribution in [1.82, 2.24) is 5.32 Å². The maximum Gasteiger partial charge on any atom is 0.389 e. The molecule has 2 nitrogen and oxygen atoms in total. The van der Waals surface area contributed by atoms with Crippen molar-refractivity contribution in [1.29, 1.82) is 5.26 Å². The quantitative estimate of drug-likeness (QED) is 0.803. The maximum absolute atomic E-state index is 11.9. The fraction of sp³-hybridized carbons (Fsp3) is 0.462. The van der Waals surface area contributed by atoms with Crippen molar-refractivity contribution in [3.63, 3.8) is 0 Å². The lowest BCUT2D eigenvalue weighted by Gasteiger charge is -2.08. The molecular weight excluding hydrogens is 277 g/mol. The van der Waals surface area contributed by atoms with Gasteiger partial charge in [-0.15, -0.1) is 0 Å². The van der Waals surface area contributed by atoms with Crippen LogP contribution in [0.25, 0.3) is 0 Å². The van der Waals surface area contributed by atoms with E-state index in [4.69, 9.17) is 16.9 Å². The van der Waals surface area contributed by atoms with Crippen molar-refractivity contribution in [3.05, 3.63) is 34.3 Å². The number of unbranched alkanes of at least 4 members (excludes halogenated alkanes) is 1. The molecule has 0 bridgehead atoms. The molecular formula is C13H14ClF3N2. The molecule has 0 fully saturated rings. The van der Waals surface area contributed by atoms with E-state index in [9.17, 15) is 13.2 Å². The van der Waals surface area contributed by atoms with E-state index in [1.165, 1.54) is 0 Å². The fourth-order valence-corrected chi connectivity index (χ4v) is 1.81. The number of hydrogen-bond donors (Lipinski definition) is 1. The summed E-state index contributed by atoms with van der Waals surface area (Å²) in [7, 11) is 0. The molecule has 0 aliphatic heterocycles. The molecule has 1 aromatic rings. The van der Waals surface area contributed by atoms with Crippen LogP contribution in [0.15, 0.2) is 18.2 Å². The minimum atomic E-state index is -4.07. The Morgan fingerprint density at radius 3 is 2.58 bits per heavy atom. The first kappa shape index (κ1) is 15.8. The number of alkyl halides is 3. The molecule has 0 aromatic heterocycles. The number of nitrogens with zero attached hydrogens (tertiary/aromatic N) is 1. The zero-order valence-corrected chi connectivity index (χ0v) is 11.0. The average Bonchev–Trinajstić information content (AvgIpc) is 2.33. The lowest BCUT2D eigenvalue weighted by molar-refractivity contribution is -0.135. The Balaban J connectivity index is 2.25. The lowest BCUT2D eigenvalue weighted by atomic mass is 10.1. The minimum Gasteiger partial charge on any atom is -0.313 e. The standard InChI is InChI=1S/C13H14ClF3N2/c14-12-7-10(8-18)3-4-11(12)9-19-6-2-1-5-13(15,16)17/h3-4,7,19H,1-2,5-6,9H2. The van der Waals surface area contributed by atoms with Crippen LogP contribution in [0.2, 0.25) is 5.02 Å². The number of rotatable bonds is 6. The number of halogens is 4. The van der Waals surface area contributed by atoms with Crippen LogP contribution in [0, 0.1) is 11.3 Å². The largest absolute Gasteiger partial charge is 0.389 e. The van der Waals surface area contributed by atoms with Crippen LogP contribution in [-0.4, -0.2) is 12.7 Å². The highest BCUT2D eigenvalue weighted by atomic mass is 35.5. The Kier molecular flexibility index (Phi) is 6.13. The van der Waals surface area contributed by atoms with Gasteiger partial charge >= 0.3 is 6.18 Å². The lowest BCUT2D eigenvalue weighted by Crippen LogP contribution is -2.16. The first-order valence-corrected chi connectivity index (χ1v) is 6.26. The van der Waals surface area contributed by atoms with Crippen LogP contribution in [0.1, 0.15) is 30.4 Å². The van der Waals surface area contributed by atoms with Crippen molar-refractivity contribution >= 4 is 11.6 Å². The van der Waals surface area contributed by atoms with E-state index in [1.54, 1.807) is 18.2 Å². The molecule has 0 saturated carbocycles. The summed E-state index contributed by atoms with van der Waals surface area (Å²) >= 11 is 5.97. The molecule has 0 radical (unpaired) electrons. The zero-order chi connectivity index (χ0) is 14.3. The molecule has 0 spiro atoms. The van der Waals surface area contributed by atoms with Gasteiger partial charge in [-0.05, 0) is 37.1 Å². The van der Waals surface area contributed by atoms with Gasteiger partial charge in [0.1, 0.15) is 0 Å². The predicted octanol–water partition coefficient (Wildman–Crippen LogP) is 4.03. The molecule has 6 heteroatoms. The summed E-state index contributed by atoms with van der Waals surface area (Å²) in [5.41, 5.74) is 1.32. The highest BCUT2D eigenvalue weighted by Gasteiger charge is 2.25. The SMILES string of the molecule is N#Cc1ccc(CNCCCCC(F)(F)F)c(Cl)c1. The first-order valence-electron chi connectivity index (χ1n) is 5.88. The summed E-state index contributed by atoms with van der Waals surface area (Å²) in [5, 5.41) is 12.2. The molecule has 0 aliphatic carbocycles. The van der Waals surface area contributed by atoms with Crippen LogP contribution >= 0.6 is 11.6 Å². The Bertz CT molecular complexity index is 452. The van der Waals surface area contributed by atoms with Gasteiger partial charge in [-0.25, -0.2) is 0 Å². The Labute approximate surface area is 115 Å². The average molecular weight is 291 g/mol. The van der Waals surface area contributed by atoms with Gasteiger partial charge in [0, 0.05) is 18.0 Å². The van der Waals surface area contributed by atoms with E-state index in [0.717, 1.165) is 5.56 Å². The molecule has 0 saturated heterocycles. The van der Waals surface area contributed by atoms with E-state index in [0.29, 0.717) is 30.1 Å². The molecule has 0 aliphatic rings. The second-order valence-electron chi connectivity index (χ2n) is 4.17. The topological polar surface area (TPSA) is 35.8 Å². The normalized spacial score (nSPS) is 11.3. The van der Waals surface area contributed by atoms with Gasteiger partial charge in [-0.3, -0.25) is 0 Å². The van der Waals surface area contributed by atoms with E-state index in [1.807, 2.05) is 6.07 Å². The van der Waals surface area contributed by atoms with Gasteiger partial charge < -0.3 is 5.32 Å². The molecule has 0 heterocycles. The first-order chi connectivity index (χ1) is 8.92. The Morgan fingerprint density at radius 2 is 2.00 bits per heavy atom. The third-order valence-electron chi connectivity index (χ3n) is 2.56. The van der Waals surface area contributed by atoms with E-state index >= 15 is 0 Å². The van der Waals surface area contributed by atoms with Crippen LogP contribution in [0.3, 0.4) is 0 Å². The monoisotopic (exact) mass is 290 g/mol. The fourth-order valence-electron chi connectivity index (χ4n) is 1.56. The summed E-state index contributed by atoms with van der Waals surface area (Å²) in [4.78, 5) is 0. The predicted molar refractivity (Wildman–Crippen MR) is 67.8 cm³/mol. The van der Waals surface area contributed by atoms with E-state index < -0.39 is 12.6 Å². The van der Waals surface area contributed by atoms with Crippen molar-refractivity contribution < 1.29 is 13.2 Å². The van der Waals surface area contributed by atoms with Crippen LogP contribution in [0.5, 0.6) is 0 Å². The maximum atomic E-state index is 11.9. The van der Waals surface area contributed by atoms with Crippen LogP contribution in [-0.2, 0) is 6.54 Å². The van der Waals surface area contributed by atoms with E-state index in [-0.39, 0.29) is 6.42 Å². The van der Waals surface area contributed by atoms with Crippen molar-refractivity contribution in [2.75, 3.05) is 6.54 Å². The van der Waals surface area contributed by atoms with Crippen LogP contribution in [0.4, 0.5) is 13.2 Å². The third-order valence-corrected chi connectivity index (χ3v) is 2.91. The zero-order valence-electron chi connectivity index (χ0n) is 10.2. The highest BCUT2D eigenvalue weighted by Crippen LogP contribution is 2.22. The van der Waals surface area contributed by atoms with Gasteiger partial charge in [0.25, 0.3) is 0 Å². The Hall–Kier alpha value is -1.25. The van der Waals surface area contributed by atoms with Gasteiger partial charge in [-0.1, -0.05) is 17.7 Å². The molecule has 0 unspecified atom stereocenters. The number of nitriles is 1. The minimum absolute atomic E-state index is 0.123. The number of nitrogens with one attached hydrogen (secondary N) is 1. The van der Waals surface area contributed by atoms with Gasteiger partial charge in [-0.2, -0.15) is 18.4 Å². The Morgan fingerprint density at radius 1 is 1.26 bits per heavy atom. The highest BCUT2D eigenvalue weighted by molar-refractivity contribution is 6.31. The summed E-state index contributed by atoms with van der Waals surface area (Å²) in [6.45, 7) is 0.989. The van der Waals surface area contributed by atoms with Gasteiger partial charge in [0.2, 0.25) is 0 Å². The second kappa shape index (κ2) is 7.37. The molecule has 0 atom stereocenters. The van der Waals surface area contributed by atoms with Crippen molar-refractivity contribution in [2.24, 2.45) is 0 Å². The van der Waals surface area contributed by atoms with Crippen molar-refractivity contribution in [2.45, 2.75) is 32.0 Å². The summed E-state index contributed by atoms with van der Waals surface area (Å²) in [5.74, 6) is 0. The molecule has 1 N–H and O–H groups in total. The summed E-state index contributed by atoms with van der Waals surface area (Å²) in [6, 6.07) is 6.95. The van der Waals surface area contributed by atoms with Gasteiger partial charge in [0.15, 0.2) is 0 Å². The third kappa shape index (κ3) is 6.46. The molecule has 1 rings (SSSR count).